The van der Waals surface area contributed by atoms with E-state index in [4.69, 9.17) is 4.74 Å². The Balaban J connectivity index is 1.42. The highest BCUT2D eigenvalue weighted by Crippen LogP contribution is 2.24. The van der Waals surface area contributed by atoms with Gasteiger partial charge in [-0.25, -0.2) is 9.59 Å². The third-order valence-electron chi connectivity index (χ3n) is 5.92. The molecule has 3 rings (SSSR count). The lowest BCUT2D eigenvalue weighted by atomic mass is 9.94. The molecule has 2 aliphatic heterocycles. The first-order chi connectivity index (χ1) is 13.4. The van der Waals surface area contributed by atoms with Crippen LogP contribution >= 0.6 is 0 Å². The van der Waals surface area contributed by atoms with Gasteiger partial charge in [0.25, 0.3) is 0 Å². The molecule has 2 aliphatic rings. The number of hydrogen-bond donors (Lipinski definition) is 1. The molecular formula is C21H31N3O4. The monoisotopic (exact) mass is 389 g/mol. The first-order valence-corrected chi connectivity index (χ1v) is 10.1. The van der Waals surface area contributed by atoms with Gasteiger partial charge in [-0.05, 0) is 38.2 Å². The Kier molecular flexibility index (Phi) is 6.78. The van der Waals surface area contributed by atoms with Crippen molar-refractivity contribution in [3.8, 4) is 0 Å². The van der Waals surface area contributed by atoms with Gasteiger partial charge in [-0.1, -0.05) is 30.3 Å². The van der Waals surface area contributed by atoms with Crippen molar-refractivity contribution in [2.24, 2.45) is 5.92 Å². The normalized spacial score (nSPS) is 24.2. The smallest absolute Gasteiger partial charge is 0.410 e. The lowest BCUT2D eigenvalue weighted by Crippen LogP contribution is -2.59. The summed E-state index contributed by atoms with van der Waals surface area (Å²) in [6.45, 7) is 8.02. The molecule has 0 aromatic heterocycles. The zero-order valence-electron chi connectivity index (χ0n) is 16.8. The van der Waals surface area contributed by atoms with E-state index in [1.165, 1.54) is 4.90 Å². The number of nitrogens with zero attached hydrogens (tertiary/aromatic N) is 3. The van der Waals surface area contributed by atoms with Crippen molar-refractivity contribution in [1.29, 1.82) is 0 Å². The summed E-state index contributed by atoms with van der Waals surface area (Å²) in [4.78, 5) is 29.3. The summed E-state index contributed by atoms with van der Waals surface area (Å²) in [5, 5.41) is 9.24. The molecular weight excluding hydrogens is 358 g/mol. The third kappa shape index (κ3) is 5.16. The molecule has 0 saturated carbocycles. The average Bonchev–Trinajstić information content (AvgIpc) is 2.70. The third-order valence-corrected chi connectivity index (χ3v) is 5.92. The standard InChI is InChI=1S/C21H31N3O4/c1-16-12-23(20(25)26)13-17(2)24(16)14-18-8-10-22(11-9-18)21(27)28-15-19-6-4-3-5-7-19/h3-7,16-18H,8-15H2,1-2H3,(H,25,26)/t16-,17+. The molecule has 1 aromatic rings. The Morgan fingerprint density at radius 1 is 1.04 bits per heavy atom. The molecule has 7 heteroatoms. The fraction of sp³-hybridized carbons (Fsp3) is 0.619. The molecule has 0 unspecified atom stereocenters. The highest BCUT2D eigenvalue weighted by atomic mass is 16.6. The minimum Gasteiger partial charge on any atom is -0.465 e. The zero-order valence-corrected chi connectivity index (χ0v) is 16.8. The molecule has 0 radical (unpaired) electrons. The summed E-state index contributed by atoms with van der Waals surface area (Å²) in [5.74, 6) is 0.527. The van der Waals surface area contributed by atoms with Gasteiger partial charge < -0.3 is 19.6 Å². The van der Waals surface area contributed by atoms with E-state index in [9.17, 15) is 14.7 Å². The molecule has 7 nitrogen and oxygen atoms in total. The number of ether oxygens (including phenoxy) is 1. The highest BCUT2D eigenvalue weighted by molar-refractivity contribution is 5.67. The average molecular weight is 389 g/mol. The number of piperidine rings is 1. The Hall–Kier alpha value is -2.28. The maximum atomic E-state index is 12.3. The van der Waals surface area contributed by atoms with Crippen LogP contribution in [0.1, 0.15) is 32.3 Å². The van der Waals surface area contributed by atoms with Crippen LogP contribution < -0.4 is 0 Å². The quantitative estimate of drug-likeness (QED) is 0.857. The predicted molar refractivity (Wildman–Crippen MR) is 106 cm³/mol. The van der Waals surface area contributed by atoms with Gasteiger partial charge in [-0.2, -0.15) is 0 Å². The van der Waals surface area contributed by atoms with E-state index < -0.39 is 6.09 Å². The van der Waals surface area contributed by atoms with Crippen molar-refractivity contribution in [3.05, 3.63) is 35.9 Å². The van der Waals surface area contributed by atoms with Crippen LogP contribution in [-0.4, -0.2) is 76.8 Å². The molecule has 28 heavy (non-hydrogen) atoms. The van der Waals surface area contributed by atoms with Gasteiger partial charge in [0.15, 0.2) is 0 Å². The number of benzene rings is 1. The van der Waals surface area contributed by atoms with Crippen LogP contribution in [0.2, 0.25) is 0 Å². The van der Waals surface area contributed by atoms with Gasteiger partial charge in [0, 0.05) is 44.8 Å². The molecule has 2 amide bonds. The topological polar surface area (TPSA) is 73.3 Å². The van der Waals surface area contributed by atoms with Gasteiger partial charge >= 0.3 is 12.2 Å². The van der Waals surface area contributed by atoms with Gasteiger partial charge in [-0.3, -0.25) is 4.90 Å². The second-order valence-electron chi connectivity index (χ2n) is 8.05. The molecule has 154 valence electrons. The Bertz CT molecular complexity index is 649. The summed E-state index contributed by atoms with van der Waals surface area (Å²) in [6, 6.07) is 10.2. The lowest BCUT2D eigenvalue weighted by Gasteiger charge is -2.45. The minimum atomic E-state index is -0.833. The zero-order chi connectivity index (χ0) is 20.1. The number of likely N-dealkylation sites (tertiary alicyclic amines) is 1. The molecule has 0 bridgehead atoms. The maximum Gasteiger partial charge on any atom is 0.410 e. The Labute approximate surface area is 166 Å². The minimum absolute atomic E-state index is 0.216. The Morgan fingerprint density at radius 2 is 1.64 bits per heavy atom. The maximum absolute atomic E-state index is 12.3. The van der Waals surface area contributed by atoms with Gasteiger partial charge in [-0.15, -0.1) is 0 Å². The molecule has 0 spiro atoms. The summed E-state index contributed by atoms with van der Waals surface area (Å²) < 4.78 is 5.44. The summed E-state index contributed by atoms with van der Waals surface area (Å²) in [7, 11) is 0. The predicted octanol–water partition coefficient (Wildman–Crippen LogP) is 3.11. The van der Waals surface area contributed by atoms with E-state index in [0.29, 0.717) is 25.6 Å². The van der Waals surface area contributed by atoms with Crippen molar-refractivity contribution in [1.82, 2.24) is 14.7 Å². The van der Waals surface area contributed by atoms with Crippen LogP contribution in [0.15, 0.2) is 30.3 Å². The van der Waals surface area contributed by atoms with E-state index in [0.717, 1.165) is 38.0 Å². The first kappa shape index (κ1) is 20.5. The van der Waals surface area contributed by atoms with Crippen LogP contribution in [0.25, 0.3) is 0 Å². The fourth-order valence-electron chi connectivity index (χ4n) is 4.28. The van der Waals surface area contributed by atoms with Crippen LogP contribution in [0.4, 0.5) is 9.59 Å². The molecule has 2 fully saturated rings. The molecule has 2 heterocycles. The largest absolute Gasteiger partial charge is 0.465 e. The van der Waals surface area contributed by atoms with Gasteiger partial charge in [0.05, 0.1) is 0 Å². The van der Waals surface area contributed by atoms with Crippen molar-refractivity contribution in [2.45, 2.75) is 45.4 Å². The van der Waals surface area contributed by atoms with Crippen molar-refractivity contribution < 1.29 is 19.4 Å². The second-order valence-corrected chi connectivity index (χ2v) is 8.05. The van der Waals surface area contributed by atoms with Crippen molar-refractivity contribution >= 4 is 12.2 Å². The van der Waals surface area contributed by atoms with Gasteiger partial charge in [0.1, 0.15) is 6.61 Å². The van der Waals surface area contributed by atoms with Crippen LogP contribution in [0.5, 0.6) is 0 Å². The number of carboxylic acid groups (broad SMARTS) is 1. The molecule has 1 aromatic carbocycles. The summed E-state index contributed by atoms with van der Waals surface area (Å²) in [6.07, 6.45) is 0.845. The number of carbonyl (C=O) groups is 2. The van der Waals surface area contributed by atoms with E-state index >= 15 is 0 Å². The molecule has 2 atom stereocenters. The Morgan fingerprint density at radius 3 is 2.21 bits per heavy atom. The number of hydrogen-bond acceptors (Lipinski definition) is 4. The highest BCUT2D eigenvalue weighted by Gasteiger charge is 2.34. The van der Waals surface area contributed by atoms with E-state index in [2.05, 4.69) is 18.7 Å². The SMILES string of the molecule is C[C@@H]1CN(C(=O)O)C[C@H](C)N1CC1CCN(C(=O)OCc2ccccc2)CC1. The van der Waals surface area contributed by atoms with E-state index in [-0.39, 0.29) is 18.2 Å². The van der Waals surface area contributed by atoms with Crippen molar-refractivity contribution in [2.75, 3.05) is 32.7 Å². The van der Waals surface area contributed by atoms with Crippen molar-refractivity contribution in [3.63, 3.8) is 0 Å². The lowest BCUT2D eigenvalue weighted by molar-refractivity contribution is 0.0205. The van der Waals surface area contributed by atoms with Crippen LogP contribution in [0.3, 0.4) is 0 Å². The number of amides is 2. The number of rotatable bonds is 4. The first-order valence-electron chi connectivity index (χ1n) is 10.1. The van der Waals surface area contributed by atoms with E-state index in [1.807, 2.05) is 30.3 Å². The summed E-state index contributed by atoms with van der Waals surface area (Å²) >= 11 is 0. The molecule has 1 N–H and O–H groups in total. The van der Waals surface area contributed by atoms with E-state index in [1.54, 1.807) is 4.90 Å². The fourth-order valence-corrected chi connectivity index (χ4v) is 4.28. The summed E-state index contributed by atoms with van der Waals surface area (Å²) in [5.41, 5.74) is 0.995. The second kappa shape index (κ2) is 9.28. The van der Waals surface area contributed by atoms with Crippen LogP contribution in [-0.2, 0) is 11.3 Å². The number of carbonyl (C=O) groups excluding carboxylic acids is 1. The molecule has 0 aliphatic carbocycles. The number of piperazine rings is 1. The molecule has 2 saturated heterocycles. The van der Waals surface area contributed by atoms with Crippen LogP contribution in [0, 0.1) is 5.92 Å². The van der Waals surface area contributed by atoms with Gasteiger partial charge in [0.2, 0.25) is 0 Å².